The monoisotopic (exact) mass is 278 g/mol. The number of rotatable bonds is 5. The summed E-state index contributed by atoms with van der Waals surface area (Å²) in [7, 11) is 4.17. The van der Waals surface area contributed by atoms with Gasteiger partial charge in [0.2, 0.25) is 0 Å². The zero-order valence-corrected chi connectivity index (χ0v) is 13.9. The third kappa shape index (κ3) is 5.68. The van der Waals surface area contributed by atoms with Crippen molar-refractivity contribution in [1.82, 2.24) is 14.8 Å². The minimum Gasteiger partial charge on any atom is -0.357 e. The molecule has 0 aromatic carbocycles. The quantitative estimate of drug-likeness (QED) is 0.663. The van der Waals surface area contributed by atoms with E-state index in [2.05, 4.69) is 74.9 Å². The first-order valence-corrected chi connectivity index (χ1v) is 7.43. The number of hydrogen-bond donors (Lipinski definition) is 1. The number of hydrogen-bond acceptors (Lipinski definition) is 1. The Morgan fingerprint density at radius 2 is 2.10 bits per heavy atom. The van der Waals surface area contributed by atoms with E-state index in [4.69, 9.17) is 4.99 Å². The number of guanidine groups is 1. The molecule has 0 atom stereocenters. The van der Waals surface area contributed by atoms with E-state index in [1.807, 2.05) is 0 Å². The molecule has 114 valence electrons. The lowest BCUT2D eigenvalue weighted by Crippen LogP contribution is -2.39. The van der Waals surface area contributed by atoms with Crippen LogP contribution in [0, 0.1) is 5.41 Å². The van der Waals surface area contributed by atoms with Crippen LogP contribution in [0.4, 0.5) is 0 Å². The summed E-state index contributed by atoms with van der Waals surface area (Å²) < 4.78 is 2.15. The lowest BCUT2D eigenvalue weighted by atomic mass is 9.92. The van der Waals surface area contributed by atoms with Crippen LogP contribution >= 0.6 is 0 Å². The largest absolute Gasteiger partial charge is 0.357 e. The lowest BCUT2D eigenvalue weighted by Gasteiger charge is -2.23. The Labute approximate surface area is 123 Å². The van der Waals surface area contributed by atoms with Gasteiger partial charge in [0.15, 0.2) is 5.96 Å². The fourth-order valence-electron chi connectivity index (χ4n) is 1.95. The smallest absolute Gasteiger partial charge is 0.194 e. The Balaban J connectivity index is 2.64. The molecule has 4 nitrogen and oxygen atoms in total. The summed E-state index contributed by atoms with van der Waals surface area (Å²) in [5.74, 6) is 0.984. The first-order valence-electron chi connectivity index (χ1n) is 7.43. The van der Waals surface area contributed by atoms with Gasteiger partial charge in [0.05, 0.1) is 6.54 Å². The summed E-state index contributed by atoms with van der Waals surface area (Å²) in [6, 6.07) is 4.22. The van der Waals surface area contributed by atoms with Gasteiger partial charge in [0, 0.05) is 39.1 Å². The molecule has 1 heterocycles. The normalized spacial score (nSPS) is 12.6. The molecule has 0 saturated carbocycles. The molecule has 0 aliphatic carbocycles. The fourth-order valence-corrected chi connectivity index (χ4v) is 1.95. The third-order valence-corrected chi connectivity index (χ3v) is 3.27. The summed E-state index contributed by atoms with van der Waals surface area (Å²) in [6.07, 6.45) is 3.17. The van der Waals surface area contributed by atoms with Crippen LogP contribution in [0.5, 0.6) is 0 Å². The van der Waals surface area contributed by atoms with E-state index in [9.17, 15) is 0 Å². The number of aromatic nitrogens is 1. The fraction of sp³-hybridized carbons (Fsp3) is 0.688. The molecule has 0 spiro atoms. The summed E-state index contributed by atoms with van der Waals surface area (Å²) in [4.78, 5) is 6.91. The highest BCUT2D eigenvalue weighted by molar-refractivity contribution is 5.79. The molecule has 0 fully saturated rings. The van der Waals surface area contributed by atoms with Crippen LogP contribution in [0.1, 0.15) is 39.8 Å². The molecule has 1 aromatic heterocycles. The van der Waals surface area contributed by atoms with Crippen molar-refractivity contribution in [3.63, 3.8) is 0 Å². The second-order valence-corrected chi connectivity index (χ2v) is 6.51. The van der Waals surface area contributed by atoms with E-state index in [1.165, 1.54) is 5.69 Å². The van der Waals surface area contributed by atoms with Gasteiger partial charge in [-0.05, 0) is 30.9 Å². The minimum atomic E-state index is 0.331. The summed E-state index contributed by atoms with van der Waals surface area (Å²) >= 11 is 0. The van der Waals surface area contributed by atoms with Crippen LogP contribution in [0.2, 0.25) is 0 Å². The average molecular weight is 278 g/mol. The summed E-state index contributed by atoms with van der Waals surface area (Å²) in [5, 5.41) is 3.37. The number of aliphatic imine (C=N–C) groups is 1. The number of nitrogens with zero attached hydrogens (tertiary/aromatic N) is 3. The van der Waals surface area contributed by atoms with Crippen molar-refractivity contribution in [3.8, 4) is 0 Å². The summed E-state index contributed by atoms with van der Waals surface area (Å²) in [6.45, 7) is 11.5. The van der Waals surface area contributed by atoms with Crippen LogP contribution in [-0.4, -0.2) is 35.6 Å². The molecular formula is C16H30N4. The average Bonchev–Trinajstić information content (AvgIpc) is 2.72. The van der Waals surface area contributed by atoms with Gasteiger partial charge in [-0.2, -0.15) is 0 Å². The van der Waals surface area contributed by atoms with Gasteiger partial charge in [0.25, 0.3) is 0 Å². The van der Waals surface area contributed by atoms with Crippen LogP contribution in [0.3, 0.4) is 0 Å². The molecule has 0 saturated heterocycles. The van der Waals surface area contributed by atoms with E-state index >= 15 is 0 Å². The predicted octanol–water partition coefficient (Wildman–Crippen LogP) is 2.86. The molecule has 20 heavy (non-hydrogen) atoms. The molecule has 1 N–H and O–H groups in total. The molecule has 1 aromatic rings. The van der Waals surface area contributed by atoms with Gasteiger partial charge < -0.3 is 14.8 Å². The predicted molar refractivity (Wildman–Crippen MR) is 86.9 cm³/mol. The highest BCUT2D eigenvalue weighted by Crippen LogP contribution is 2.18. The second kappa shape index (κ2) is 7.36. The zero-order chi connectivity index (χ0) is 15.2. The maximum atomic E-state index is 4.73. The maximum Gasteiger partial charge on any atom is 0.194 e. The first-order chi connectivity index (χ1) is 9.33. The third-order valence-electron chi connectivity index (χ3n) is 3.27. The Morgan fingerprint density at radius 1 is 1.40 bits per heavy atom. The lowest BCUT2D eigenvalue weighted by molar-refractivity contribution is 0.382. The summed E-state index contributed by atoms with van der Waals surface area (Å²) in [5.41, 5.74) is 1.62. The van der Waals surface area contributed by atoms with Crippen LogP contribution in [-0.2, 0) is 13.6 Å². The zero-order valence-electron chi connectivity index (χ0n) is 13.9. The van der Waals surface area contributed by atoms with Gasteiger partial charge in [-0.25, -0.2) is 0 Å². The standard InChI is InChI=1S/C16H30N4/c1-7-17-15(18-11-10-16(2,3)4)20(6)13-14-9-8-12-19(14)5/h8-9,12H,7,10-11,13H2,1-6H3,(H,17,18). The van der Waals surface area contributed by atoms with E-state index in [1.54, 1.807) is 0 Å². The molecule has 0 unspecified atom stereocenters. The molecule has 0 bridgehead atoms. The Morgan fingerprint density at radius 3 is 2.60 bits per heavy atom. The Bertz CT molecular complexity index is 426. The number of aryl methyl sites for hydroxylation is 1. The molecule has 0 aliphatic rings. The first kappa shape index (κ1) is 16.6. The van der Waals surface area contributed by atoms with Crippen LogP contribution in [0.15, 0.2) is 23.3 Å². The highest BCUT2D eigenvalue weighted by atomic mass is 15.3. The molecule has 4 heteroatoms. The van der Waals surface area contributed by atoms with Crippen molar-refractivity contribution in [2.24, 2.45) is 17.5 Å². The van der Waals surface area contributed by atoms with Crippen LogP contribution < -0.4 is 5.32 Å². The molecular weight excluding hydrogens is 248 g/mol. The van der Waals surface area contributed by atoms with E-state index < -0.39 is 0 Å². The van der Waals surface area contributed by atoms with Gasteiger partial charge in [-0.3, -0.25) is 4.99 Å². The Kier molecular flexibility index (Phi) is 6.11. The SMILES string of the molecule is CCNC(=NCCC(C)(C)C)N(C)Cc1cccn1C. The van der Waals surface area contributed by atoms with Gasteiger partial charge in [0.1, 0.15) is 0 Å². The highest BCUT2D eigenvalue weighted by Gasteiger charge is 2.11. The molecule has 0 amide bonds. The molecule has 0 radical (unpaired) electrons. The van der Waals surface area contributed by atoms with Gasteiger partial charge in [-0.1, -0.05) is 20.8 Å². The van der Waals surface area contributed by atoms with E-state index in [0.29, 0.717) is 5.41 Å². The van der Waals surface area contributed by atoms with Crippen molar-refractivity contribution in [3.05, 3.63) is 24.0 Å². The molecule has 1 rings (SSSR count). The van der Waals surface area contributed by atoms with E-state index in [0.717, 1.165) is 32.0 Å². The molecule has 0 aliphatic heterocycles. The van der Waals surface area contributed by atoms with Crippen molar-refractivity contribution < 1.29 is 0 Å². The van der Waals surface area contributed by atoms with Crippen molar-refractivity contribution in [2.45, 2.75) is 40.7 Å². The second-order valence-electron chi connectivity index (χ2n) is 6.51. The van der Waals surface area contributed by atoms with E-state index in [-0.39, 0.29) is 0 Å². The minimum absolute atomic E-state index is 0.331. The maximum absolute atomic E-state index is 4.73. The van der Waals surface area contributed by atoms with Crippen molar-refractivity contribution >= 4 is 5.96 Å². The van der Waals surface area contributed by atoms with Crippen LogP contribution in [0.25, 0.3) is 0 Å². The van der Waals surface area contributed by atoms with Gasteiger partial charge >= 0.3 is 0 Å². The topological polar surface area (TPSA) is 32.6 Å². The Hall–Kier alpha value is -1.45. The van der Waals surface area contributed by atoms with Crippen molar-refractivity contribution in [2.75, 3.05) is 20.1 Å². The van der Waals surface area contributed by atoms with Crippen molar-refractivity contribution in [1.29, 1.82) is 0 Å². The van der Waals surface area contributed by atoms with Gasteiger partial charge in [-0.15, -0.1) is 0 Å². The number of nitrogens with one attached hydrogen (secondary N) is 1.